The van der Waals surface area contributed by atoms with Crippen LogP contribution >= 0.6 is 0 Å². The van der Waals surface area contributed by atoms with Crippen molar-refractivity contribution in [3.8, 4) is 34.4 Å². The van der Waals surface area contributed by atoms with E-state index in [0.717, 1.165) is 11.1 Å². The van der Waals surface area contributed by atoms with Crippen molar-refractivity contribution in [1.29, 1.82) is 0 Å². The van der Waals surface area contributed by atoms with E-state index in [1.54, 1.807) is 54.0 Å². The van der Waals surface area contributed by atoms with Crippen LogP contribution in [0.15, 0.2) is 77.7 Å². The summed E-state index contributed by atoms with van der Waals surface area (Å²) in [5, 5.41) is 4.40. The molecule has 4 aromatic rings. The van der Waals surface area contributed by atoms with Crippen LogP contribution in [0.5, 0.6) is 11.6 Å². The van der Waals surface area contributed by atoms with Gasteiger partial charge in [-0.25, -0.2) is 14.8 Å². The molecule has 2 saturated heterocycles. The number of urea groups is 1. The molecule has 184 valence electrons. The Hall–Kier alpha value is -5.06. The van der Waals surface area contributed by atoms with Crippen LogP contribution < -0.4 is 20.3 Å². The van der Waals surface area contributed by atoms with Gasteiger partial charge in [0.25, 0.3) is 11.8 Å². The van der Waals surface area contributed by atoms with Crippen LogP contribution in [-0.4, -0.2) is 44.9 Å². The fraction of sp³-hybridized carbons (Fsp3) is 0.154. The van der Waals surface area contributed by atoms with Crippen molar-refractivity contribution < 1.29 is 23.5 Å². The molecule has 6 rings (SSSR count). The Kier molecular flexibility index (Phi) is 5.37. The first-order valence-electron chi connectivity index (χ1n) is 11.6. The zero-order valence-corrected chi connectivity index (χ0v) is 19.4. The largest absolute Gasteiger partial charge is 0.439 e. The van der Waals surface area contributed by atoms with Gasteiger partial charge in [0.15, 0.2) is 11.3 Å². The molecule has 2 aliphatic rings. The number of rotatable bonds is 5. The number of nitrogens with one attached hydrogen (secondary N) is 2. The lowest BCUT2D eigenvalue weighted by Crippen LogP contribution is -2.71. The van der Waals surface area contributed by atoms with E-state index in [0.29, 0.717) is 48.4 Å². The molecule has 11 nitrogen and oxygen atoms in total. The standard InChI is InChI=1S/C26H20N6O5/c33-23-26(24(34)31-25(35)30-23)10-1-13-32(26)18-4-7-21(28-14-18)36-19-5-2-17(3-6-19)22-29-15-20(37-22)16-8-11-27-12-9-16/h2-9,11-12,14-15H,1,10,13H2,(H2,30,31,33,34,35). The van der Waals surface area contributed by atoms with E-state index in [4.69, 9.17) is 9.15 Å². The van der Waals surface area contributed by atoms with Crippen molar-refractivity contribution in [2.45, 2.75) is 18.4 Å². The molecular weight excluding hydrogens is 476 g/mol. The number of imide groups is 2. The second kappa shape index (κ2) is 8.86. The molecule has 2 N–H and O–H groups in total. The van der Waals surface area contributed by atoms with Gasteiger partial charge < -0.3 is 14.1 Å². The highest BCUT2D eigenvalue weighted by Crippen LogP contribution is 2.36. The summed E-state index contributed by atoms with van der Waals surface area (Å²) in [6.07, 6.45) is 7.52. The van der Waals surface area contributed by atoms with Gasteiger partial charge in [0.2, 0.25) is 11.8 Å². The first-order chi connectivity index (χ1) is 18.0. The van der Waals surface area contributed by atoms with Gasteiger partial charge in [0.1, 0.15) is 5.75 Å². The van der Waals surface area contributed by atoms with Crippen LogP contribution in [0.3, 0.4) is 0 Å². The van der Waals surface area contributed by atoms with Crippen molar-refractivity contribution in [1.82, 2.24) is 25.6 Å². The van der Waals surface area contributed by atoms with Gasteiger partial charge in [-0.1, -0.05) is 0 Å². The molecule has 2 aliphatic heterocycles. The second-order valence-electron chi connectivity index (χ2n) is 8.60. The maximum absolute atomic E-state index is 12.6. The lowest BCUT2D eigenvalue weighted by atomic mass is 9.92. The van der Waals surface area contributed by atoms with Crippen LogP contribution in [-0.2, 0) is 9.59 Å². The van der Waals surface area contributed by atoms with Crippen LogP contribution in [0.25, 0.3) is 22.8 Å². The minimum absolute atomic E-state index is 0.303. The van der Waals surface area contributed by atoms with Crippen molar-refractivity contribution in [2.24, 2.45) is 0 Å². The number of barbiturate groups is 1. The average molecular weight is 496 g/mol. The van der Waals surface area contributed by atoms with Crippen LogP contribution in [0.2, 0.25) is 0 Å². The Bertz CT molecular complexity index is 1460. The molecule has 0 radical (unpaired) electrons. The van der Waals surface area contributed by atoms with E-state index in [9.17, 15) is 14.4 Å². The minimum Gasteiger partial charge on any atom is -0.439 e. The fourth-order valence-corrected chi connectivity index (χ4v) is 4.62. The van der Waals surface area contributed by atoms with Gasteiger partial charge in [-0.05, 0) is 55.3 Å². The molecule has 0 atom stereocenters. The number of carbonyl (C=O) groups excluding carboxylic acids is 3. The number of benzene rings is 1. The Labute approximate surface area is 210 Å². The molecule has 5 heterocycles. The molecule has 1 aromatic carbocycles. The molecule has 0 aliphatic carbocycles. The van der Waals surface area contributed by atoms with Gasteiger partial charge in [-0.15, -0.1) is 0 Å². The number of hydrogen-bond acceptors (Lipinski definition) is 9. The van der Waals surface area contributed by atoms with Crippen molar-refractivity contribution in [2.75, 3.05) is 11.4 Å². The molecule has 3 aromatic heterocycles. The van der Waals surface area contributed by atoms with Gasteiger partial charge in [-0.2, -0.15) is 0 Å². The Morgan fingerprint density at radius 1 is 0.865 bits per heavy atom. The van der Waals surface area contributed by atoms with Gasteiger partial charge in [0.05, 0.1) is 18.1 Å². The topological polar surface area (TPSA) is 140 Å². The lowest BCUT2D eigenvalue weighted by Gasteiger charge is -2.38. The Morgan fingerprint density at radius 2 is 1.62 bits per heavy atom. The molecule has 37 heavy (non-hydrogen) atoms. The van der Waals surface area contributed by atoms with E-state index < -0.39 is 23.4 Å². The zero-order chi connectivity index (χ0) is 25.4. The molecular formula is C26H20N6O5. The van der Waals surface area contributed by atoms with Gasteiger partial charge in [-0.3, -0.25) is 25.2 Å². The number of carbonyl (C=O) groups is 3. The summed E-state index contributed by atoms with van der Waals surface area (Å²) in [7, 11) is 0. The quantitative estimate of drug-likeness (QED) is 0.398. The van der Waals surface area contributed by atoms with Crippen molar-refractivity contribution in [3.05, 3.63) is 73.3 Å². The molecule has 4 amide bonds. The number of aromatic nitrogens is 3. The van der Waals surface area contributed by atoms with E-state index in [-0.39, 0.29) is 0 Å². The highest BCUT2D eigenvalue weighted by Gasteiger charge is 2.57. The number of amides is 4. The molecule has 0 saturated carbocycles. The number of oxazole rings is 1. The van der Waals surface area contributed by atoms with E-state index in [1.807, 2.05) is 24.3 Å². The van der Waals surface area contributed by atoms with Crippen molar-refractivity contribution in [3.63, 3.8) is 0 Å². The predicted octanol–water partition coefficient (Wildman–Crippen LogP) is 3.30. The maximum atomic E-state index is 12.6. The SMILES string of the molecule is O=C1NC(=O)C2(CCCN2c2ccc(Oc3ccc(-c4ncc(-c5ccncc5)o4)cc3)nc2)C(=O)N1. The number of pyridine rings is 2. The molecule has 1 spiro atoms. The summed E-state index contributed by atoms with van der Waals surface area (Å²) in [5.41, 5.74) is 0.790. The van der Waals surface area contributed by atoms with E-state index in [2.05, 4.69) is 25.6 Å². The zero-order valence-electron chi connectivity index (χ0n) is 19.4. The fourth-order valence-electron chi connectivity index (χ4n) is 4.62. The summed E-state index contributed by atoms with van der Waals surface area (Å²) in [6.45, 7) is 0.474. The Morgan fingerprint density at radius 3 is 2.32 bits per heavy atom. The predicted molar refractivity (Wildman–Crippen MR) is 130 cm³/mol. The number of hydrogen-bond donors (Lipinski definition) is 2. The number of ether oxygens (including phenoxy) is 1. The van der Waals surface area contributed by atoms with Crippen LogP contribution in [0, 0.1) is 0 Å². The first-order valence-corrected chi connectivity index (χ1v) is 11.6. The summed E-state index contributed by atoms with van der Waals surface area (Å²) < 4.78 is 11.7. The summed E-state index contributed by atoms with van der Waals surface area (Å²) in [6, 6.07) is 13.5. The first kappa shape index (κ1) is 22.4. The third kappa shape index (κ3) is 3.96. The lowest BCUT2D eigenvalue weighted by molar-refractivity contribution is -0.137. The average Bonchev–Trinajstić information content (AvgIpc) is 3.58. The van der Waals surface area contributed by atoms with Gasteiger partial charge >= 0.3 is 6.03 Å². The summed E-state index contributed by atoms with van der Waals surface area (Å²) >= 11 is 0. The highest BCUT2D eigenvalue weighted by molar-refractivity contribution is 6.24. The molecule has 0 unspecified atom stereocenters. The third-order valence-corrected chi connectivity index (χ3v) is 6.41. The van der Waals surface area contributed by atoms with E-state index in [1.165, 1.54) is 0 Å². The summed E-state index contributed by atoms with van der Waals surface area (Å²) in [5.74, 6) is 0.784. The normalized spacial score (nSPS) is 16.5. The van der Waals surface area contributed by atoms with Gasteiger partial charge in [0, 0.05) is 36.1 Å². The molecule has 0 bridgehead atoms. The number of nitrogens with zero attached hydrogens (tertiary/aromatic N) is 4. The summed E-state index contributed by atoms with van der Waals surface area (Å²) in [4.78, 5) is 51.2. The van der Waals surface area contributed by atoms with E-state index >= 15 is 0 Å². The minimum atomic E-state index is -1.47. The molecule has 11 heteroatoms. The highest BCUT2D eigenvalue weighted by atomic mass is 16.5. The van der Waals surface area contributed by atoms with Crippen molar-refractivity contribution >= 4 is 23.5 Å². The second-order valence-corrected chi connectivity index (χ2v) is 8.60. The number of anilines is 1. The third-order valence-electron chi connectivity index (χ3n) is 6.41. The van der Waals surface area contributed by atoms with Crippen LogP contribution in [0.1, 0.15) is 12.8 Å². The molecule has 2 fully saturated rings. The van der Waals surface area contributed by atoms with Crippen LogP contribution in [0.4, 0.5) is 10.5 Å². The Balaban J connectivity index is 1.16. The maximum Gasteiger partial charge on any atom is 0.328 e. The monoisotopic (exact) mass is 496 g/mol. The smallest absolute Gasteiger partial charge is 0.328 e.